The summed E-state index contributed by atoms with van der Waals surface area (Å²) in [6.07, 6.45) is -4.61. The average Bonchev–Trinajstić information content (AvgIpc) is 3.40. The highest BCUT2D eigenvalue weighted by molar-refractivity contribution is 5.74. The second-order valence-corrected chi connectivity index (χ2v) is 7.62. The summed E-state index contributed by atoms with van der Waals surface area (Å²) < 4.78 is 42.3. The summed E-state index contributed by atoms with van der Waals surface area (Å²) in [6, 6.07) is 4.82. The van der Waals surface area contributed by atoms with Crippen molar-refractivity contribution in [1.82, 2.24) is 24.1 Å². The lowest BCUT2D eigenvalue weighted by Gasteiger charge is -2.29. The fourth-order valence-corrected chi connectivity index (χ4v) is 3.57. The van der Waals surface area contributed by atoms with Crippen molar-refractivity contribution in [3.63, 3.8) is 0 Å². The Kier molecular flexibility index (Phi) is 5.38. The molecule has 0 saturated heterocycles. The number of nitrogen functional groups attached to an aromatic ring is 1. The van der Waals surface area contributed by atoms with Gasteiger partial charge in [-0.1, -0.05) is 12.1 Å². The van der Waals surface area contributed by atoms with Gasteiger partial charge in [0.2, 0.25) is 5.60 Å². The van der Waals surface area contributed by atoms with Crippen molar-refractivity contribution >= 4 is 11.5 Å². The van der Waals surface area contributed by atoms with Crippen molar-refractivity contribution in [2.45, 2.75) is 24.8 Å². The Morgan fingerprint density at radius 1 is 1.06 bits per heavy atom. The number of anilines is 1. The van der Waals surface area contributed by atoms with E-state index in [2.05, 4.69) is 15.1 Å². The van der Waals surface area contributed by atoms with E-state index in [-0.39, 0.29) is 34.1 Å². The van der Waals surface area contributed by atoms with Crippen LogP contribution in [0.3, 0.4) is 0 Å². The van der Waals surface area contributed by atoms with Crippen LogP contribution in [0.25, 0.3) is 28.3 Å². The van der Waals surface area contributed by atoms with Crippen LogP contribution < -0.4 is 5.73 Å². The maximum absolute atomic E-state index is 13.5. The Hall–Kier alpha value is -3.56. The molecular weight excluding hydrogens is 461 g/mol. The number of nitrogens with zero attached hydrogens (tertiary/aromatic N) is 5. The van der Waals surface area contributed by atoms with Crippen molar-refractivity contribution < 1.29 is 38.7 Å². The molecule has 0 fully saturated rings. The van der Waals surface area contributed by atoms with Gasteiger partial charge in [-0.05, 0) is 30.2 Å². The summed E-state index contributed by atoms with van der Waals surface area (Å²) >= 11 is 0. The van der Waals surface area contributed by atoms with E-state index in [9.17, 15) is 38.7 Å². The Labute approximate surface area is 188 Å². The summed E-state index contributed by atoms with van der Waals surface area (Å²) in [4.78, 5) is 8.29. The van der Waals surface area contributed by atoms with Crippen molar-refractivity contribution in [3.8, 4) is 22.6 Å². The van der Waals surface area contributed by atoms with Crippen LogP contribution in [0.5, 0.6) is 0 Å². The first-order valence-corrected chi connectivity index (χ1v) is 9.65. The van der Waals surface area contributed by atoms with E-state index >= 15 is 0 Å². The minimum atomic E-state index is -5.14. The Bertz CT molecular complexity index is 1380. The molecule has 0 radical (unpaired) electrons. The number of alkyl halides is 3. The van der Waals surface area contributed by atoms with Gasteiger partial charge in [0.25, 0.3) is 0 Å². The van der Waals surface area contributed by atoms with Gasteiger partial charge in [-0.3, -0.25) is 4.40 Å². The molecule has 34 heavy (non-hydrogen) atoms. The van der Waals surface area contributed by atoms with Gasteiger partial charge in [-0.2, -0.15) is 23.0 Å². The van der Waals surface area contributed by atoms with Gasteiger partial charge in [0.15, 0.2) is 11.5 Å². The highest BCUT2D eigenvalue weighted by Gasteiger charge is 2.54. The molecule has 1 unspecified atom stereocenters. The number of aliphatic hydroxyl groups excluding tert-OH is 1. The Morgan fingerprint density at radius 3 is 2.38 bits per heavy atom. The van der Waals surface area contributed by atoms with Crippen LogP contribution in [0.2, 0.25) is 0 Å². The van der Waals surface area contributed by atoms with Crippen LogP contribution in [0, 0.1) is 6.92 Å². The van der Waals surface area contributed by atoms with Crippen molar-refractivity contribution in [2.75, 3.05) is 12.3 Å². The summed E-state index contributed by atoms with van der Waals surface area (Å²) in [7, 11) is 0. The van der Waals surface area contributed by atoms with E-state index in [1.54, 1.807) is 6.92 Å². The molecule has 4 aromatic rings. The second-order valence-electron chi connectivity index (χ2n) is 7.62. The van der Waals surface area contributed by atoms with Gasteiger partial charge >= 0.3 is 12.3 Å². The van der Waals surface area contributed by atoms with Gasteiger partial charge in [0.05, 0.1) is 24.2 Å². The molecule has 0 bridgehead atoms. The van der Waals surface area contributed by atoms with Gasteiger partial charge in [-0.25, -0.2) is 9.97 Å². The van der Waals surface area contributed by atoms with Gasteiger partial charge in [-0.15, -0.1) is 0 Å². The first kappa shape index (κ1) is 23.6. The maximum atomic E-state index is 13.5. The number of halogens is 3. The maximum Gasteiger partial charge on any atom is 0.423 e. The van der Waals surface area contributed by atoms with E-state index in [4.69, 9.17) is 5.73 Å². The third-order valence-corrected chi connectivity index (χ3v) is 5.40. The molecule has 14 heteroatoms. The topological polar surface area (TPSA) is 175 Å². The molecule has 0 aliphatic rings. The van der Waals surface area contributed by atoms with Crippen molar-refractivity contribution in [3.05, 3.63) is 54.0 Å². The quantitative estimate of drug-likeness (QED) is 0.221. The zero-order valence-corrected chi connectivity index (χ0v) is 17.4. The summed E-state index contributed by atoms with van der Waals surface area (Å²) in [5, 5.41) is 51.7. The summed E-state index contributed by atoms with van der Waals surface area (Å²) in [5.41, 5.74) is 3.09. The largest absolute Gasteiger partial charge is 0.423 e. The average molecular weight is 480 g/mol. The SMILES string of the molecule is Cc1ccc(C(O)(CO)C(F)(F)F)cc1-c1cnc2c(N)nc(-c3ccnn3C(O)(O)O)cn12. The number of hydrogen-bond donors (Lipinski definition) is 6. The van der Waals surface area contributed by atoms with E-state index in [0.29, 0.717) is 10.2 Å². The minimum absolute atomic E-state index is 0.0271. The van der Waals surface area contributed by atoms with Crippen LogP contribution in [-0.4, -0.2) is 62.5 Å². The van der Waals surface area contributed by atoms with Gasteiger partial charge < -0.3 is 31.3 Å². The molecular formula is C20H19F3N6O5. The lowest BCUT2D eigenvalue weighted by molar-refractivity contribution is -0.380. The molecule has 11 nitrogen and oxygen atoms in total. The highest BCUT2D eigenvalue weighted by Crippen LogP contribution is 2.40. The number of aliphatic hydroxyl groups is 5. The standard InChI is InChI=1S/C20H19F3N6O5/c1-10-2-3-11(18(31,9-30)19(21,22)23)6-12(10)15-7-25-17-16(24)27-13(8-28(15)17)14-4-5-26-29(14)20(32,33)34/h2-8,30-34H,9H2,1H3,(H2,24,27). The third kappa shape index (κ3) is 3.66. The number of fused-ring (bicyclic) bond motifs is 1. The molecule has 180 valence electrons. The van der Waals surface area contributed by atoms with Crippen molar-refractivity contribution in [2.24, 2.45) is 0 Å². The Morgan fingerprint density at radius 2 is 1.76 bits per heavy atom. The fraction of sp³-hybridized carbons (Fsp3) is 0.250. The third-order valence-electron chi connectivity index (χ3n) is 5.40. The van der Waals surface area contributed by atoms with Gasteiger partial charge in [0, 0.05) is 18.0 Å². The zero-order valence-electron chi connectivity index (χ0n) is 17.4. The molecule has 0 aliphatic carbocycles. The molecule has 1 aromatic carbocycles. The molecule has 0 aliphatic heterocycles. The van der Waals surface area contributed by atoms with E-state index in [1.165, 1.54) is 35.1 Å². The number of aromatic nitrogens is 5. The number of rotatable bonds is 5. The second kappa shape index (κ2) is 7.75. The molecule has 3 heterocycles. The predicted molar refractivity (Wildman–Crippen MR) is 110 cm³/mol. The zero-order chi connectivity index (χ0) is 25.1. The normalized spacial score (nSPS) is 14.5. The fourth-order valence-electron chi connectivity index (χ4n) is 3.57. The molecule has 1 atom stereocenters. The van der Waals surface area contributed by atoms with E-state index < -0.39 is 30.0 Å². The first-order valence-electron chi connectivity index (χ1n) is 9.65. The molecule has 4 rings (SSSR count). The highest BCUT2D eigenvalue weighted by atomic mass is 19.4. The lowest BCUT2D eigenvalue weighted by atomic mass is 9.90. The van der Waals surface area contributed by atoms with E-state index in [1.807, 2.05) is 0 Å². The molecule has 0 saturated carbocycles. The Balaban J connectivity index is 1.93. The van der Waals surface area contributed by atoms with Crippen LogP contribution in [0.1, 0.15) is 11.1 Å². The number of aryl methyl sites for hydroxylation is 1. The molecule has 3 aromatic heterocycles. The molecule has 7 N–H and O–H groups in total. The van der Waals surface area contributed by atoms with Crippen LogP contribution >= 0.6 is 0 Å². The predicted octanol–water partition coefficient (Wildman–Crippen LogP) is 0.437. The van der Waals surface area contributed by atoms with E-state index in [0.717, 1.165) is 12.1 Å². The number of hydrogen-bond acceptors (Lipinski definition) is 9. The number of nitrogens with two attached hydrogens (primary N) is 1. The van der Waals surface area contributed by atoms with Crippen molar-refractivity contribution in [1.29, 1.82) is 0 Å². The number of benzene rings is 1. The molecule has 0 amide bonds. The number of imidazole rings is 1. The smallest absolute Gasteiger partial charge is 0.393 e. The monoisotopic (exact) mass is 480 g/mol. The van der Waals surface area contributed by atoms with Gasteiger partial charge in [0.1, 0.15) is 5.69 Å². The summed E-state index contributed by atoms with van der Waals surface area (Å²) in [6.45, 7) is 0.0463. The van der Waals surface area contributed by atoms with Crippen LogP contribution in [0.15, 0.2) is 42.9 Å². The summed E-state index contributed by atoms with van der Waals surface area (Å²) in [5.74, 6) is -0.105. The van der Waals surface area contributed by atoms with Crippen LogP contribution in [0.4, 0.5) is 19.0 Å². The van der Waals surface area contributed by atoms with Crippen LogP contribution in [-0.2, 0) is 11.7 Å². The minimum Gasteiger partial charge on any atom is -0.393 e. The lowest BCUT2D eigenvalue weighted by Crippen LogP contribution is -2.45. The molecule has 0 spiro atoms. The first-order chi connectivity index (χ1) is 15.8.